The van der Waals surface area contributed by atoms with Crippen molar-refractivity contribution in [2.24, 2.45) is 5.92 Å². The Morgan fingerprint density at radius 3 is 2.39 bits per heavy atom. The van der Waals surface area contributed by atoms with E-state index in [-0.39, 0.29) is 11.0 Å². The normalized spacial score (nSPS) is 16.2. The van der Waals surface area contributed by atoms with Crippen molar-refractivity contribution in [3.63, 3.8) is 0 Å². The molecule has 158 valence electrons. The number of rotatable bonds is 6. The van der Waals surface area contributed by atoms with Gasteiger partial charge in [-0.05, 0) is 70.1 Å². The summed E-state index contributed by atoms with van der Waals surface area (Å²) in [6.45, 7) is 7.09. The second-order valence-corrected chi connectivity index (χ2v) is 10.7. The maximum atomic E-state index is 13.9. The number of hydrogen-bond donors (Lipinski definition) is 0. The molecule has 0 N–H and O–H groups in total. The fourth-order valence-corrected chi connectivity index (χ4v) is 4.22. The minimum Gasteiger partial charge on any atom is -0.444 e. The smallest absolute Gasteiger partial charge is 0.410 e. The monoisotopic (exact) mass is 413 g/mol. The van der Waals surface area contributed by atoms with Gasteiger partial charge in [-0.3, -0.25) is 0 Å². The SMILES string of the molecule is CC(C)(C)OC(=O)N1CCC(CCCCc2ccc(S(C)(=O)=O)c(F)c2)CC1. The van der Waals surface area contributed by atoms with E-state index in [9.17, 15) is 17.6 Å². The third-order valence-electron chi connectivity index (χ3n) is 4.99. The lowest BCUT2D eigenvalue weighted by molar-refractivity contribution is 0.0180. The van der Waals surface area contributed by atoms with Gasteiger partial charge in [0.05, 0.1) is 0 Å². The van der Waals surface area contributed by atoms with Crippen molar-refractivity contribution in [3.8, 4) is 0 Å². The highest BCUT2D eigenvalue weighted by Crippen LogP contribution is 2.25. The molecule has 0 radical (unpaired) electrons. The van der Waals surface area contributed by atoms with E-state index in [4.69, 9.17) is 4.74 Å². The molecular formula is C21H32FNO4S. The summed E-state index contributed by atoms with van der Waals surface area (Å²) in [5, 5.41) is 0. The number of hydrogen-bond acceptors (Lipinski definition) is 4. The number of piperidine rings is 1. The van der Waals surface area contributed by atoms with Gasteiger partial charge >= 0.3 is 6.09 Å². The van der Waals surface area contributed by atoms with Gasteiger partial charge < -0.3 is 9.64 Å². The topological polar surface area (TPSA) is 63.7 Å². The van der Waals surface area contributed by atoms with E-state index in [0.29, 0.717) is 5.92 Å². The number of unbranched alkanes of at least 4 members (excludes halogenated alkanes) is 1. The van der Waals surface area contributed by atoms with Crippen molar-refractivity contribution in [3.05, 3.63) is 29.6 Å². The molecule has 1 saturated heterocycles. The number of carbonyl (C=O) groups excluding carboxylic acids is 1. The van der Waals surface area contributed by atoms with Crippen LogP contribution in [-0.2, 0) is 21.0 Å². The first-order valence-electron chi connectivity index (χ1n) is 9.92. The molecule has 5 nitrogen and oxygen atoms in total. The van der Waals surface area contributed by atoms with Crippen LogP contribution >= 0.6 is 0 Å². The summed E-state index contributed by atoms with van der Waals surface area (Å²) in [5.74, 6) is -0.0717. The van der Waals surface area contributed by atoms with Crippen LogP contribution in [0.15, 0.2) is 23.1 Å². The maximum Gasteiger partial charge on any atom is 0.410 e. The molecule has 1 aromatic rings. The Bertz CT molecular complexity index is 778. The second kappa shape index (κ2) is 9.25. The molecule has 0 saturated carbocycles. The van der Waals surface area contributed by atoms with Crippen LogP contribution in [0, 0.1) is 11.7 Å². The van der Waals surface area contributed by atoms with Crippen LogP contribution in [0.5, 0.6) is 0 Å². The molecule has 0 spiro atoms. The van der Waals surface area contributed by atoms with Gasteiger partial charge in [-0.15, -0.1) is 0 Å². The Morgan fingerprint density at radius 1 is 1.21 bits per heavy atom. The van der Waals surface area contributed by atoms with Gasteiger partial charge in [0.25, 0.3) is 0 Å². The first-order valence-corrected chi connectivity index (χ1v) is 11.8. The van der Waals surface area contributed by atoms with Crippen molar-refractivity contribution in [2.75, 3.05) is 19.3 Å². The Morgan fingerprint density at radius 2 is 1.86 bits per heavy atom. The zero-order valence-electron chi connectivity index (χ0n) is 17.3. The van der Waals surface area contributed by atoms with Crippen LogP contribution in [0.25, 0.3) is 0 Å². The van der Waals surface area contributed by atoms with Crippen molar-refractivity contribution in [1.82, 2.24) is 4.90 Å². The van der Waals surface area contributed by atoms with Gasteiger partial charge in [0.2, 0.25) is 0 Å². The van der Waals surface area contributed by atoms with E-state index in [1.165, 1.54) is 12.1 Å². The third kappa shape index (κ3) is 7.08. The second-order valence-electron chi connectivity index (χ2n) is 8.69. The van der Waals surface area contributed by atoms with Crippen LogP contribution in [0.4, 0.5) is 9.18 Å². The molecule has 1 fully saturated rings. The minimum atomic E-state index is -3.52. The average Bonchev–Trinajstić information content (AvgIpc) is 2.56. The molecule has 1 aliphatic rings. The highest BCUT2D eigenvalue weighted by Gasteiger charge is 2.26. The fraction of sp³-hybridized carbons (Fsp3) is 0.667. The number of benzene rings is 1. The van der Waals surface area contributed by atoms with Gasteiger partial charge in [-0.2, -0.15) is 0 Å². The quantitative estimate of drug-likeness (QED) is 0.640. The summed E-state index contributed by atoms with van der Waals surface area (Å²) in [6.07, 6.45) is 6.54. The van der Waals surface area contributed by atoms with Crippen molar-refractivity contribution < 1.29 is 22.3 Å². The Balaban J connectivity index is 1.70. The number of sulfone groups is 1. The van der Waals surface area contributed by atoms with Crippen molar-refractivity contribution >= 4 is 15.9 Å². The lowest BCUT2D eigenvalue weighted by atomic mass is 9.91. The predicted octanol–water partition coefficient (Wildman–Crippen LogP) is 4.59. The molecule has 0 atom stereocenters. The number of halogens is 1. The Kier molecular flexibility index (Phi) is 7.48. The summed E-state index contributed by atoms with van der Waals surface area (Å²) in [6, 6.07) is 4.38. The third-order valence-corrected chi connectivity index (χ3v) is 6.12. The molecule has 7 heteroatoms. The van der Waals surface area contributed by atoms with Crippen molar-refractivity contribution in [2.45, 2.75) is 69.8 Å². The molecule has 1 aromatic carbocycles. The summed E-state index contributed by atoms with van der Waals surface area (Å²) >= 11 is 0. The van der Waals surface area contributed by atoms with Gasteiger partial charge in [-0.25, -0.2) is 17.6 Å². The highest BCUT2D eigenvalue weighted by molar-refractivity contribution is 7.90. The van der Waals surface area contributed by atoms with E-state index < -0.39 is 21.3 Å². The van der Waals surface area contributed by atoms with E-state index in [2.05, 4.69) is 0 Å². The molecule has 0 unspecified atom stereocenters. The molecule has 1 amide bonds. The number of nitrogens with zero attached hydrogens (tertiary/aromatic N) is 1. The predicted molar refractivity (Wildman–Crippen MR) is 108 cm³/mol. The van der Waals surface area contributed by atoms with Crippen LogP contribution in [-0.4, -0.2) is 44.4 Å². The standard InChI is InChI=1S/C21H32FNO4S/c1-21(2,3)27-20(24)23-13-11-16(12-14-23)7-5-6-8-17-9-10-19(18(22)15-17)28(4,25)26/h9-10,15-16H,5-8,11-14H2,1-4H3. The molecule has 28 heavy (non-hydrogen) atoms. The Labute approximate surface area is 168 Å². The maximum absolute atomic E-state index is 13.9. The van der Waals surface area contributed by atoms with Crippen LogP contribution in [0.2, 0.25) is 0 Å². The first-order chi connectivity index (χ1) is 13.0. The molecular weight excluding hydrogens is 381 g/mol. The largest absolute Gasteiger partial charge is 0.444 e. The summed E-state index contributed by atoms with van der Waals surface area (Å²) in [7, 11) is -3.52. The van der Waals surface area contributed by atoms with E-state index in [0.717, 1.165) is 63.4 Å². The van der Waals surface area contributed by atoms with Crippen LogP contribution < -0.4 is 0 Å². The van der Waals surface area contributed by atoms with E-state index >= 15 is 0 Å². The first kappa shape index (κ1) is 22.7. The molecule has 1 heterocycles. The van der Waals surface area contributed by atoms with Gasteiger partial charge in [0.1, 0.15) is 16.3 Å². The molecule has 0 aromatic heterocycles. The number of likely N-dealkylation sites (tertiary alicyclic amines) is 1. The fourth-order valence-electron chi connectivity index (χ4n) is 3.49. The number of carbonyl (C=O) groups is 1. The van der Waals surface area contributed by atoms with E-state index in [1.807, 2.05) is 20.8 Å². The molecule has 2 rings (SSSR count). The number of amides is 1. The highest BCUT2D eigenvalue weighted by atomic mass is 32.2. The number of ether oxygens (including phenoxy) is 1. The molecule has 0 aliphatic carbocycles. The zero-order valence-corrected chi connectivity index (χ0v) is 18.1. The average molecular weight is 414 g/mol. The molecule has 0 bridgehead atoms. The van der Waals surface area contributed by atoms with Gasteiger partial charge in [0.15, 0.2) is 9.84 Å². The van der Waals surface area contributed by atoms with Crippen LogP contribution in [0.3, 0.4) is 0 Å². The minimum absolute atomic E-state index is 0.231. The van der Waals surface area contributed by atoms with Crippen LogP contribution in [0.1, 0.15) is 58.4 Å². The van der Waals surface area contributed by atoms with Gasteiger partial charge in [-0.1, -0.05) is 18.9 Å². The number of aryl methyl sites for hydroxylation is 1. The lowest BCUT2D eigenvalue weighted by Crippen LogP contribution is -2.41. The van der Waals surface area contributed by atoms with Crippen molar-refractivity contribution in [1.29, 1.82) is 0 Å². The van der Waals surface area contributed by atoms with Gasteiger partial charge in [0, 0.05) is 19.3 Å². The zero-order chi connectivity index (χ0) is 20.9. The molecule has 1 aliphatic heterocycles. The van der Waals surface area contributed by atoms with E-state index in [1.54, 1.807) is 11.0 Å². The summed E-state index contributed by atoms with van der Waals surface area (Å²) < 4.78 is 42.3. The summed E-state index contributed by atoms with van der Waals surface area (Å²) in [4.78, 5) is 13.6. The Hall–Kier alpha value is -1.63. The summed E-state index contributed by atoms with van der Waals surface area (Å²) in [5.41, 5.74) is 0.358. The lowest BCUT2D eigenvalue weighted by Gasteiger charge is -2.33.